The number of aliphatic hydroxyl groups is 1. The molecule has 1 saturated heterocycles. The van der Waals surface area contributed by atoms with E-state index >= 15 is 0 Å². The summed E-state index contributed by atoms with van der Waals surface area (Å²) in [5.41, 5.74) is 0.968. The van der Waals surface area contributed by atoms with Gasteiger partial charge in [0.15, 0.2) is 0 Å². The summed E-state index contributed by atoms with van der Waals surface area (Å²) in [4.78, 5) is 4.28. The molecule has 0 amide bonds. The fourth-order valence-corrected chi connectivity index (χ4v) is 2.68. The van der Waals surface area contributed by atoms with E-state index in [2.05, 4.69) is 10.3 Å². The number of ether oxygens (including phenoxy) is 1. The fourth-order valence-electron chi connectivity index (χ4n) is 2.68. The summed E-state index contributed by atoms with van der Waals surface area (Å²) in [6.45, 7) is 1.55. The van der Waals surface area contributed by atoms with Crippen LogP contribution in [-0.4, -0.2) is 35.4 Å². The molecular weight excluding hydrogens is 252 g/mol. The van der Waals surface area contributed by atoms with E-state index in [1.54, 1.807) is 6.20 Å². The second kappa shape index (κ2) is 6.20. The number of benzene rings is 1. The van der Waals surface area contributed by atoms with E-state index in [0.717, 1.165) is 36.0 Å². The minimum atomic E-state index is -0.320. The highest BCUT2D eigenvalue weighted by molar-refractivity contribution is 5.79. The largest absolute Gasteiger partial charge is 0.493 e. The van der Waals surface area contributed by atoms with E-state index in [0.29, 0.717) is 13.0 Å². The third kappa shape index (κ3) is 3.08. The Balaban J connectivity index is 1.54. The minimum absolute atomic E-state index is 0.236. The van der Waals surface area contributed by atoms with Crippen molar-refractivity contribution in [3.63, 3.8) is 0 Å². The Hall–Kier alpha value is -1.65. The van der Waals surface area contributed by atoms with Crippen LogP contribution in [0, 0.1) is 0 Å². The third-order valence-electron chi connectivity index (χ3n) is 3.82. The van der Waals surface area contributed by atoms with Crippen LogP contribution in [0.3, 0.4) is 0 Å². The van der Waals surface area contributed by atoms with Crippen LogP contribution in [0.4, 0.5) is 0 Å². The Morgan fingerprint density at radius 1 is 1.40 bits per heavy atom. The summed E-state index contributed by atoms with van der Waals surface area (Å²) in [7, 11) is 0. The Kier molecular flexibility index (Phi) is 4.14. The fraction of sp³-hybridized carbons (Fsp3) is 0.438. The molecule has 2 heterocycles. The SMILES string of the molecule is OC(CCOc1ccc2ncccc2c1)C1CCCN1. The number of aromatic nitrogens is 1. The maximum absolute atomic E-state index is 10.0. The first-order valence-electron chi connectivity index (χ1n) is 7.22. The number of pyridine rings is 1. The second-order valence-electron chi connectivity index (χ2n) is 5.27. The van der Waals surface area contributed by atoms with E-state index in [4.69, 9.17) is 4.74 Å². The molecule has 4 heteroatoms. The van der Waals surface area contributed by atoms with Crippen molar-refractivity contribution in [1.29, 1.82) is 0 Å². The topological polar surface area (TPSA) is 54.4 Å². The van der Waals surface area contributed by atoms with Gasteiger partial charge in [-0.2, -0.15) is 0 Å². The zero-order valence-corrected chi connectivity index (χ0v) is 11.5. The lowest BCUT2D eigenvalue weighted by Gasteiger charge is -2.18. The van der Waals surface area contributed by atoms with Crippen molar-refractivity contribution in [2.24, 2.45) is 0 Å². The lowest BCUT2D eigenvalue weighted by molar-refractivity contribution is 0.107. The molecule has 2 N–H and O–H groups in total. The highest BCUT2D eigenvalue weighted by atomic mass is 16.5. The smallest absolute Gasteiger partial charge is 0.120 e. The lowest BCUT2D eigenvalue weighted by atomic mass is 10.1. The average Bonchev–Trinajstić information content (AvgIpc) is 3.01. The van der Waals surface area contributed by atoms with E-state index in [1.165, 1.54) is 0 Å². The van der Waals surface area contributed by atoms with E-state index in [9.17, 15) is 5.11 Å². The first-order valence-corrected chi connectivity index (χ1v) is 7.22. The van der Waals surface area contributed by atoms with Crippen molar-refractivity contribution < 1.29 is 9.84 Å². The van der Waals surface area contributed by atoms with Crippen LogP contribution < -0.4 is 10.1 Å². The van der Waals surface area contributed by atoms with Crippen LogP contribution in [-0.2, 0) is 0 Å². The molecule has 1 aliphatic heterocycles. The van der Waals surface area contributed by atoms with Gasteiger partial charge < -0.3 is 15.2 Å². The van der Waals surface area contributed by atoms with Gasteiger partial charge in [0.1, 0.15) is 5.75 Å². The molecule has 0 radical (unpaired) electrons. The van der Waals surface area contributed by atoms with Crippen LogP contribution in [0.15, 0.2) is 36.5 Å². The first kappa shape index (κ1) is 13.3. The van der Waals surface area contributed by atoms with Crippen molar-refractivity contribution in [2.45, 2.75) is 31.4 Å². The van der Waals surface area contributed by atoms with Crippen molar-refractivity contribution in [1.82, 2.24) is 10.3 Å². The molecule has 4 nitrogen and oxygen atoms in total. The van der Waals surface area contributed by atoms with Crippen LogP contribution in [0.25, 0.3) is 10.9 Å². The van der Waals surface area contributed by atoms with Gasteiger partial charge in [-0.15, -0.1) is 0 Å². The molecule has 2 atom stereocenters. The van der Waals surface area contributed by atoms with Crippen molar-refractivity contribution in [3.8, 4) is 5.75 Å². The molecule has 1 aliphatic rings. The minimum Gasteiger partial charge on any atom is -0.493 e. The quantitative estimate of drug-likeness (QED) is 0.875. The zero-order valence-electron chi connectivity index (χ0n) is 11.5. The third-order valence-corrected chi connectivity index (χ3v) is 3.82. The van der Waals surface area contributed by atoms with Crippen molar-refractivity contribution in [3.05, 3.63) is 36.5 Å². The molecule has 1 fully saturated rings. The number of rotatable bonds is 5. The van der Waals surface area contributed by atoms with Gasteiger partial charge in [-0.3, -0.25) is 4.98 Å². The predicted molar refractivity (Wildman–Crippen MR) is 78.9 cm³/mol. The van der Waals surface area contributed by atoms with Crippen LogP contribution in [0.1, 0.15) is 19.3 Å². The zero-order chi connectivity index (χ0) is 13.8. The number of aliphatic hydroxyl groups excluding tert-OH is 1. The Morgan fingerprint density at radius 3 is 3.20 bits per heavy atom. The summed E-state index contributed by atoms with van der Waals surface area (Å²) < 4.78 is 5.73. The van der Waals surface area contributed by atoms with Gasteiger partial charge in [0.2, 0.25) is 0 Å². The van der Waals surface area contributed by atoms with Gasteiger partial charge in [-0.25, -0.2) is 0 Å². The molecule has 3 rings (SSSR count). The number of nitrogens with one attached hydrogen (secondary N) is 1. The van der Waals surface area contributed by atoms with Crippen LogP contribution >= 0.6 is 0 Å². The monoisotopic (exact) mass is 272 g/mol. The number of hydrogen-bond acceptors (Lipinski definition) is 4. The molecule has 0 aliphatic carbocycles. The molecule has 0 bridgehead atoms. The highest BCUT2D eigenvalue weighted by Gasteiger charge is 2.22. The molecule has 0 saturated carbocycles. The van der Waals surface area contributed by atoms with Crippen molar-refractivity contribution >= 4 is 10.9 Å². The van der Waals surface area contributed by atoms with Gasteiger partial charge in [0.05, 0.1) is 18.2 Å². The molecule has 1 aromatic carbocycles. The second-order valence-corrected chi connectivity index (χ2v) is 5.27. The maximum atomic E-state index is 10.0. The molecule has 20 heavy (non-hydrogen) atoms. The molecule has 2 unspecified atom stereocenters. The molecule has 0 spiro atoms. The van der Waals surface area contributed by atoms with Gasteiger partial charge in [0, 0.05) is 24.0 Å². The Labute approximate surface area is 118 Å². The molecule has 1 aromatic heterocycles. The van der Waals surface area contributed by atoms with Gasteiger partial charge >= 0.3 is 0 Å². The Bertz CT molecular complexity index is 567. The van der Waals surface area contributed by atoms with Gasteiger partial charge in [-0.1, -0.05) is 6.07 Å². The molecule has 106 valence electrons. The maximum Gasteiger partial charge on any atom is 0.120 e. The predicted octanol–water partition coefficient (Wildman–Crippen LogP) is 2.12. The number of hydrogen-bond donors (Lipinski definition) is 2. The summed E-state index contributed by atoms with van der Waals surface area (Å²) in [6, 6.07) is 10.0. The van der Waals surface area contributed by atoms with Crippen molar-refractivity contribution in [2.75, 3.05) is 13.2 Å². The highest BCUT2D eigenvalue weighted by Crippen LogP contribution is 2.19. The van der Waals surface area contributed by atoms with Crippen LogP contribution in [0.2, 0.25) is 0 Å². The normalized spacial score (nSPS) is 20.1. The van der Waals surface area contributed by atoms with E-state index in [-0.39, 0.29) is 12.1 Å². The number of nitrogens with zero attached hydrogens (tertiary/aromatic N) is 1. The summed E-state index contributed by atoms with van der Waals surface area (Å²) >= 11 is 0. The summed E-state index contributed by atoms with van der Waals surface area (Å²) in [5.74, 6) is 0.831. The Morgan fingerprint density at radius 2 is 2.35 bits per heavy atom. The standard InChI is InChI=1S/C16H20N2O2/c19-16(15-4-2-9-18-15)7-10-20-13-5-6-14-12(11-13)3-1-8-17-14/h1,3,5-6,8,11,15-16,18-19H,2,4,7,9-10H2. The summed E-state index contributed by atoms with van der Waals surface area (Å²) in [6.07, 6.45) is 4.33. The molecule has 2 aromatic rings. The summed E-state index contributed by atoms with van der Waals surface area (Å²) in [5, 5.41) is 14.4. The first-order chi connectivity index (χ1) is 9.83. The van der Waals surface area contributed by atoms with E-state index < -0.39 is 0 Å². The number of fused-ring (bicyclic) bond motifs is 1. The van der Waals surface area contributed by atoms with Gasteiger partial charge in [0.25, 0.3) is 0 Å². The molecular formula is C16H20N2O2. The van der Waals surface area contributed by atoms with E-state index in [1.807, 2.05) is 30.3 Å². The average molecular weight is 272 g/mol. The van der Waals surface area contributed by atoms with Crippen LogP contribution in [0.5, 0.6) is 5.75 Å². The van der Waals surface area contributed by atoms with Gasteiger partial charge in [-0.05, 0) is 43.7 Å². The lowest BCUT2D eigenvalue weighted by Crippen LogP contribution is -2.35.